The van der Waals surface area contributed by atoms with Crippen LogP contribution in [0.2, 0.25) is 11.6 Å². The molecule has 0 unspecified atom stereocenters. The largest absolute Gasteiger partial charge is 1.00 e. The van der Waals surface area contributed by atoms with Gasteiger partial charge in [-0.15, -0.1) is 0 Å². The fourth-order valence-electron chi connectivity index (χ4n) is 2.94. The zero-order valence-electron chi connectivity index (χ0n) is 29.1. The summed E-state index contributed by atoms with van der Waals surface area (Å²) in [6.07, 6.45) is 0.516. The van der Waals surface area contributed by atoms with Crippen molar-refractivity contribution in [1.29, 1.82) is 0 Å². The number of carbonyl (C=O) groups is 3. The van der Waals surface area contributed by atoms with Crippen LogP contribution in [-0.2, 0) is 28.6 Å². The molecule has 23 heteroatoms. The van der Waals surface area contributed by atoms with Crippen LogP contribution in [0.25, 0.3) is 5.53 Å². The van der Waals surface area contributed by atoms with E-state index in [0.29, 0.717) is 6.21 Å². The van der Waals surface area contributed by atoms with Crippen molar-refractivity contribution in [3.05, 3.63) is 18.7 Å². The molecule has 4 atom stereocenters. The third-order valence-electron chi connectivity index (χ3n) is 4.64. The molecule has 0 aromatic carbocycles. The average molecular weight is 772 g/mol. The van der Waals surface area contributed by atoms with Gasteiger partial charge >= 0.3 is 200 Å². The van der Waals surface area contributed by atoms with E-state index in [0.717, 1.165) is 0 Å². The molecule has 2 saturated carbocycles. The third kappa shape index (κ3) is 37.6. The number of carbonyl (C=O) groups excluding carboxylic acids is 3. The molecule has 0 aromatic heterocycles. The van der Waals surface area contributed by atoms with Crippen molar-refractivity contribution < 1.29 is 226 Å². The Labute approximate surface area is 399 Å². The first-order valence-electron chi connectivity index (χ1n) is 13.0. The van der Waals surface area contributed by atoms with E-state index in [2.05, 4.69) is 17.9 Å². The van der Waals surface area contributed by atoms with Crippen molar-refractivity contribution in [3.8, 4) is 0 Å². The monoisotopic (exact) mass is 772 g/mol. The molecule has 0 saturated heterocycles. The van der Waals surface area contributed by atoms with Gasteiger partial charge in [0.1, 0.15) is 16.8 Å². The second-order valence-corrected chi connectivity index (χ2v) is 12.4. The Morgan fingerprint density at radius 1 is 0.702 bits per heavy atom. The summed E-state index contributed by atoms with van der Waals surface area (Å²) in [5.74, 6) is -6.84. The number of ether oxygens (including phenoxy) is 3. The predicted octanol–water partition coefficient (Wildman–Crippen LogP) is -1.74. The summed E-state index contributed by atoms with van der Waals surface area (Å²) in [7, 11) is -3.67. The number of hydrogen-bond acceptors (Lipinski definition) is 6. The third-order valence-corrected chi connectivity index (χ3v) is 4.64. The number of nitrogens with zero attached hydrogens (tertiary/aromatic N) is 2. The zero-order valence-corrected chi connectivity index (χ0v) is 38.4. The van der Waals surface area contributed by atoms with Crippen LogP contribution < -0.4 is 154 Å². The van der Waals surface area contributed by atoms with Gasteiger partial charge in [-0.25, -0.2) is 4.79 Å². The van der Waals surface area contributed by atoms with Crippen LogP contribution in [0.3, 0.4) is 0 Å². The van der Waals surface area contributed by atoms with Crippen LogP contribution in [0.15, 0.2) is 6.58 Å². The van der Waals surface area contributed by atoms with Crippen LogP contribution in [-0.4, -0.2) is 67.2 Å². The Morgan fingerprint density at radius 2 is 0.936 bits per heavy atom. The Balaban J connectivity index is -0.000000121. The molecule has 0 aliphatic heterocycles. The van der Waals surface area contributed by atoms with E-state index >= 15 is 0 Å². The van der Waals surface area contributed by atoms with Crippen LogP contribution in [0, 0.1) is 18.4 Å². The number of hydrogen-bond donors (Lipinski definition) is 0. The molecule has 0 amide bonds. The van der Waals surface area contributed by atoms with Gasteiger partial charge in [0, 0.05) is 11.8 Å². The van der Waals surface area contributed by atoms with Gasteiger partial charge in [-0.3, -0.25) is 29.1 Å². The van der Waals surface area contributed by atoms with Crippen molar-refractivity contribution in [3.63, 3.8) is 0 Å². The maximum absolute atomic E-state index is 12.1. The molecule has 47 heavy (non-hydrogen) atoms. The Hall–Kier alpha value is 2.00. The van der Waals surface area contributed by atoms with Crippen molar-refractivity contribution in [1.82, 2.24) is 0 Å². The minimum Gasteiger partial charge on any atom is -0.521 e. The second-order valence-electron chi connectivity index (χ2n) is 12.4. The van der Waals surface area contributed by atoms with E-state index in [-0.39, 0.29) is 167 Å². The molecule has 256 valence electrons. The van der Waals surface area contributed by atoms with E-state index in [1.54, 1.807) is 62.3 Å². The first-order chi connectivity index (χ1) is 19.4. The van der Waals surface area contributed by atoms with Gasteiger partial charge in [0.05, 0.1) is 0 Å². The van der Waals surface area contributed by atoms with E-state index in [9.17, 15) is 53.2 Å². The first kappa shape index (κ1) is 61.1. The summed E-state index contributed by atoms with van der Waals surface area (Å²) in [4.78, 5) is 35.4. The number of halogens is 9. The maximum Gasteiger partial charge on any atom is 1.00 e. The van der Waals surface area contributed by atoms with Gasteiger partial charge in [-0.1, -0.05) is 24.5 Å². The van der Waals surface area contributed by atoms with Gasteiger partial charge in [0.25, 0.3) is 0 Å². The fraction of sp³-hybridized carbons (Fsp3) is 0.750. The van der Waals surface area contributed by atoms with E-state index in [1.807, 2.05) is 0 Å². The summed E-state index contributed by atoms with van der Waals surface area (Å²) < 4.78 is 116. The molecule has 2 aliphatic carbocycles. The zero-order chi connectivity index (χ0) is 36.1. The molecular weight excluding hydrogens is 733 g/mol. The number of rotatable bonds is 5. The minimum atomic E-state index is -4.88. The van der Waals surface area contributed by atoms with Crippen molar-refractivity contribution in [2.75, 3.05) is 0 Å². The SMILES string of the molecule is CC(C)(C)OC(=O)C=[N+]=[N-].CC(C)(C)OC(=O)[C@@H]1C[C@@H]1[B-](F)(F)F.CC(C)(C)OC(=O)[C@H]1C[C@@H]1[B-](F)(F)F.FB(F)F.[CH-]=C.[K+].[K+].[K+]. The molecule has 0 spiro atoms. The minimum absolute atomic E-state index is 0. The quantitative estimate of drug-likeness (QED) is 0.0480. The summed E-state index contributed by atoms with van der Waals surface area (Å²) >= 11 is 0. The van der Waals surface area contributed by atoms with Crippen molar-refractivity contribution in [2.45, 2.75) is 104 Å². The van der Waals surface area contributed by atoms with Crippen LogP contribution >= 0.6 is 0 Å². The molecule has 2 aliphatic rings. The summed E-state index contributed by atoms with van der Waals surface area (Å²) in [6, 6.07) is 0. The smallest absolute Gasteiger partial charge is 0.521 e. The first-order valence-corrected chi connectivity index (χ1v) is 13.0. The standard InChI is InChI=1S/2C8H13BF3O2.C6H10N2O2.C2H3.BF3.3K/c2*1-8(2,3)14-7(13)5-4-6(5)9(10,11)12;1-6(2,3)10-5(9)4-8-7;1-2;2-1(3)4;;;/h2*5-6H,4H2,1-3H3;4H,1-3H3;1H,2H2;;;;/q2*-1;;-1;;3*+1/t5-,6+;5-,6-;;;;;;/m10....../s1. The molecular formula is C24H39B3F9K3N2O6. The van der Waals surface area contributed by atoms with Crippen LogP contribution in [0.5, 0.6) is 0 Å². The number of esters is 3. The van der Waals surface area contributed by atoms with Gasteiger partial charge in [0.15, 0.2) is 0 Å². The predicted molar refractivity (Wildman–Crippen MR) is 148 cm³/mol. The fourth-order valence-corrected chi connectivity index (χ4v) is 2.94. The normalized spacial score (nSPS) is 19.0. The molecule has 0 heterocycles. The van der Waals surface area contributed by atoms with Crippen LogP contribution in [0.1, 0.15) is 75.2 Å². The molecule has 2 rings (SSSR count). The van der Waals surface area contributed by atoms with Crippen LogP contribution in [0.4, 0.5) is 38.8 Å². The summed E-state index contributed by atoms with van der Waals surface area (Å²) in [6.45, 7) is 12.3. The van der Waals surface area contributed by atoms with Crippen molar-refractivity contribution >= 4 is 45.6 Å². The van der Waals surface area contributed by atoms with Crippen molar-refractivity contribution in [2.24, 2.45) is 11.8 Å². The molecule has 2 fully saturated rings. The molecule has 0 bridgehead atoms. The van der Waals surface area contributed by atoms with E-state index in [1.165, 1.54) is 0 Å². The van der Waals surface area contributed by atoms with E-state index < -0.39 is 79.7 Å². The summed E-state index contributed by atoms with van der Waals surface area (Å²) in [5.41, 5.74) is 5.96. The molecule has 8 nitrogen and oxygen atoms in total. The van der Waals surface area contributed by atoms with Gasteiger partial charge in [-0.2, -0.15) is 4.79 Å². The van der Waals surface area contributed by atoms with E-state index in [4.69, 9.17) is 19.7 Å². The molecule has 0 N–H and O–H groups in total. The Morgan fingerprint density at radius 3 is 1.09 bits per heavy atom. The van der Waals surface area contributed by atoms with Gasteiger partial charge < -0.3 is 52.2 Å². The van der Waals surface area contributed by atoms with Gasteiger partial charge in [-0.05, 0) is 62.3 Å². The molecule has 0 aromatic rings. The van der Waals surface area contributed by atoms with Gasteiger partial charge in [0.2, 0.25) is 0 Å². The average Bonchev–Trinajstić information content (AvgIpc) is 3.64. The Kier molecular flexibility index (Phi) is 34.7. The Bertz CT molecular complexity index is 934. The topological polar surface area (TPSA) is 115 Å². The molecule has 0 radical (unpaired) electrons. The second kappa shape index (κ2) is 26.7. The maximum atomic E-state index is 12.1. The summed E-state index contributed by atoms with van der Waals surface area (Å²) in [5, 5.41) is 0.